The zero-order valence-corrected chi connectivity index (χ0v) is 15.7. The molecule has 1 fully saturated rings. The van der Waals surface area contributed by atoms with E-state index in [0.717, 1.165) is 19.3 Å². The Morgan fingerprint density at radius 3 is 2.29 bits per heavy atom. The van der Waals surface area contributed by atoms with E-state index in [4.69, 9.17) is 13.9 Å². The van der Waals surface area contributed by atoms with Crippen molar-refractivity contribution in [2.75, 3.05) is 20.8 Å². The summed E-state index contributed by atoms with van der Waals surface area (Å²) < 4.78 is 16.8. The molecule has 1 N–H and O–H groups in total. The molecule has 1 heterocycles. The maximum atomic E-state index is 10.1. The van der Waals surface area contributed by atoms with Crippen molar-refractivity contribution in [3.63, 3.8) is 0 Å². The smallest absolute Gasteiger partial charge is 0.192 e. The summed E-state index contributed by atoms with van der Waals surface area (Å²) in [4.78, 5) is 0. The lowest BCUT2D eigenvalue weighted by Crippen LogP contribution is -2.44. The highest BCUT2D eigenvalue weighted by atomic mass is 28.4. The number of nitrogens with zero attached hydrogens (tertiary/aromatic N) is 1. The average molecular weight is 320 g/mol. The first-order valence-corrected chi connectivity index (χ1v) is 10.7. The zero-order chi connectivity index (χ0) is 16.3. The normalized spacial score (nSPS) is 25.0. The molecule has 126 valence electrons. The van der Waals surface area contributed by atoms with Crippen LogP contribution in [0.2, 0.25) is 18.1 Å². The van der Waals surface area contributed by atoms with Crippen LogP contribution in [-0.4, -0.2) is 57.8 Å². The van der Waals surface area contributed by atoms with E-state index in [9.17, 15) is 5.21 Å². The van der Waals surface area contributed by atoms with Gasteiger partial charge in [-0.1, -0.05) is 20.8 Å². The Morgan fingerprint density at radius 1 is 1.24 bits per heavy atom. The van der Waals surface area contributed by atoms with Crippen LogP contribution in [0.25, 0.3) is 0 Å². The van der Waals surface area contributed by atoms with Gasteiger partial charge in [-0.2, -0.15) is 5.06 Å². The van der Waals surface area contributed by atoms with Crippen LogP contribution >= 0.6 is 0 Å². The number of rotatable bonds is 7. The van der Waals surface area contributed by atoms with E-state index in [1.54, 1.807) is 14.2 Å². The van der Waals surface area contributed by atoms with E-state index in [2.05, 4.69) is 33.9 Å². The first kappa shape index (κ1) is 19.1. The van der Waals surface area contributed by atoms with Gasteiger partial charge in [-0.05, 0) is 37.4 Å². The van der Waals surface area contributed by atoms with Gasteiger partial charge in [0.2, 0.25) is 0 Å². The Labute approximate surface area is 130 Å². The molecule has 1 saturated heterocycles. The molecule has 0 bridgehead atoms. The molecular weight excluding hydrogens is 286 g/mol. The zero-order valence-electron chi connectivity index (χ0n) is 14.7. The molecule has 5 nitrogen and oxygen atoms in total. The van der Waals surface area contributed by atoms with E-state index in [1.807, 2.05) is 0 Å². The van der Waals surface area contributed by atoms with Crippen molar-refractivity contribution in [1.82, 2.24) is 5.06 Å². The molecule has 0 radical (unpaired) electrons. The van der Waals surface area contributed by atoms with E-state index in [1.165, 1.54) is 5.06 Å². The number of methoxy groups -OCH3 is 2. The average Bonchev–Trinajstić information content (AvgIpc) is 2.68. The highest BCUT2D eigenvalue weighted by molar-refractivity contribution is 6.74. The van der Waals surface area contributed by atoms with Crippen molar-refractivity contribution in [3.05, 3.63) is 0 Å². The molecule has 0 saturated carbocycles. The molecule has 0 amide bonds. The van der Waals surface area contributed by atoms with Crippen LogP contribution < -0.4 is 0 Å². The third kappa shape index (κ3) is 5.30. The molecule has 1 aliphatic rings. The van der Waals surface area contributed by atoms with Crippen molar-refractivity contribution in [2.24, 2.45) is 0 Å². The summed E-state index contributed by atoms with van der Waals surface area (Å²) in [6.07, 6.45) is 2.44. The Bertz CT molecular complexity index is 315. The lowest BCUT2D eigenvalue weighted by atomic mass is 10.1. The molecule has 0 spiro atoms. The molecular formula is C15H33NO4Si. The van der Waals surface area contributed by atoms with Gasteiger partial charge in [0.1, 0.15) is 0 Å². The highest BCUT2D eigenvalue weighted by Gasteiger charge is 2.42. The minimum Gasteiger partial charge on any atom is -0.412 e. The number of hydroxylamine groups is 2. The van der Waals surface area contributed by atoms with Crippen molar-refractivity contribution >= 4 is 8.32 Å². The summed E-state index contributed by atoms with van der Waals surface area (Å²) in [7, 11) is 1.51. The summed E-state index contributed by atoms with van der Waals surface area (Å²) in [6.45, 7) is 11.8. The van der Waals surface area contributed by atoms with Gasteiger partial charge < -0.3 is 19.1 Å². The van der Waals surface area contributed by atoms with Crippen LogP contribution in [0.15, 0.2) is 0 Å². The van der Waals surface area contributed by atoms with Gasteiger partial charge in [0.05, 0.1) is 6.10 Å². The van der Waals surface area contributed by atoms with Gasteiger partial charge in [-0.3, -0.25) is 0 Å². The molecule has 6 heteroatoms. The molecule has 1 rings (SSSR count). The summed E-state index contributed by atoms with van der Waals surface area (Å²) in [5, 5.41) is 11.7. The fourth-order valence-corrected chi connectivity index (χ4v) is 3.82. The minimum absolute atomic E-state index is 0.129. The third-order valence-electron chi connectivity index (χ3n) is 4.88. The van der Waals surface area contributed by atoms with Crippen LogP contribution in [0.4, 0.5) is 0 Å². The number of hydrogen-bond acceptors (Lipinski definition) is 5. The lowest BCUT2D eigenvalue weighted by molar-refractivity contribution is -0.129. The number of hydrogen-bond donors (Lipinski definition) is 1. The van der Waals surface area contributed by atoms with Crippen LogP contribution in [0.1, 0.15) is 40.0 Å². The first-order chi connectivity index (χ1) is 9.60. The van der Waals surface area contributed by atoms with Crippen molar-refractivity contribution in [2.45, 2.75) is 76.6 Å². The second-order valence-corrected chi connectivity index (χ2v) is 12.2. The predicted molar refractivity (Wildman–Crippen MR) is 86.0 cm³/mol. The molecule has 0 aromatic heterocycles. The first-order valence-electron chi connectivity index (χ1n) is 7.79. The molecule has 0 aromatic carbocycles. The van der Waals surface area contributed by atoms with E-state index in [-0.39, 0.29) is 23.5 Å². The second-order valence-electron chi connectivity index (χ2n) is 7.49. The monoisotopic (exact) mass is 319 g/mol. The van der Waals surface area contributed by atoms with E-state index < -0.39 is 8.32 Å². The standard InChI is InChI=1S/C15H33NO4Si/c1-15(2,3)21(6,7)20-13-10-12(16(17)11-13)8-9-14(18-4)19-5/h12-14,17H,8-11H2,1-7H3/t12-,13-/m1/s1. The third-order valence-corrected chi connectivity index (χ3v) is 9.41. The molecule has 1 aliphatic heterocycles. The summed E-state index contributed by atoms with van der Waals surface area (Å²) in [5.41, 5.74) is 0. The molecule has 0 aromatic rings. The Kier molecular flexibility index (Phi) is 6.83. The topological polar surface area (TPSA) is 51.2 Å². The van der Waals surface area contributed by atoms with Gasteiger partial charge >= 0.3 is 0 Å². The SMILES string of the molecule is COC(CC[C@@H]1C[C@@H](O[Si](C)(C)C(C)(C)C)CN1O)OC. The molecule has 0 aliphatic carbocycles. The fraction of sp³-hybridized carbons (Fsp3) is 1.00. The lowest BCUT2D eigenvalue weighted by Gasteiger charge is -2.38. The van der Waals surface area contributed by atoms with Crippen LogP contribution in [0.5, 0.6) is 0 Å². The maximum Gasteiger partial charge on any atom is 0.192 e. The summed E-state index contributed by atoms with van der Waals surface area (Å²) in [5.74, 6) is 0. The fourth-order valence-electron chi connectivity index (χ4n) is 2.46. The predicted octanol–water partition coefficient (Wildman–Crippen LogP) is 3.24. The quantitative estimate of drug-likeness (QED) is 0.577. The summed E-state index contributed by atoms with van der Waals surface area (Å²) >= 11 is 0. The largest absolute Gasteiger partial charge is 0.412 e. The van der Waals surface area contributed by atoms with Gasteiger partial charge in [-0.15, -0.1) is 0 Å². The van der Waals surface area contributed by atoms with Crippen molar-refractivity contribution < 1.29 is 19.1 Å². The highest BCUT2D eigenvalue weighted by Crippen LogP contribution is 2.39. The molecule has 21 heavy (non-hydrogen) atoms. The molecule has 2 atom stereocenters. The molecule has 0 unspecified atom stereocenters. The van der Waals surface area contributed by atoms with E-state index >= 15 is 0 Å². The van der Waals surface area contributed by atoms with Crippen LogP contribution in [0.3, 0.4) is 0 Å². The number of ether oxygens (including phenoxy) is 2. The van der Waals surface area contributed by atoms with Gasteiger partial charge in [-0.25, -0.2) is 0 Å². The van der Waals surface area contributed by atoms with Gasteiger partial charge in [0.15, 0.2) is 14.6 Å². The van der Waals surface area contributed by atoms with Gasteiger partial charge in [0, 0.05) is 26.8 Å². The summed E-state index contributed by atoms with van der Waals surface area (Å²) in [6, 6.07) is 0.132. The minimum atomic E-state index is -1.77. The Morgan fingerprint density at radius 2 is 1.81 bits per heavy atom. The Hall–Kier alpha value is 0.0169. The second kappa shape index (κ2) is 7.52. The van der Waals surface area contributed by atoms with Crippen molar-refractivity contribution in [3.8, 4) is 0 Å². The maximum absolute atomic E-state index is 10.1. The van der Waals surface area contributed by atoms with E-state index in [0.29, 0.717) is 6.54 Å². The van der Waals surface area contributed by atoms with Crippen LogP contribution in [0, 0.1) is 0 Å². The van der Waals surface area contributed by atoms with Crippen LogP contribution in [-0.2, 0) is 13.9 Å². The van der Waals surface area contributed by atoms with Gasteiger partial charge in [0.25, 0.3) is 0 Å². The Balaban J connectivity index is 2.49. The van der Waals surface area contributed by atoms with Crippen molar-refractivity contribution in [1.29, 1.82) is 0 Å².